The molecule has 0 spiro atoms. The molecule has 1 fully saturated rings. The van der Waals surface area contributed by atoms with Crippen molar-refractivity contribution in [1.82, 2.24) is 10.4 Å². The second kappa shape index (κ2) is 8.87. The zero-order chi connectivity index (χ0) is 25.8. The Labute approximate surface area is 210 Å². The smallest absolute Gasteiger partial charge is 0.282 e. The second-order valence-corrected chi connectivity index (χ2v) is 9.62. The predicted molar refractivity (Wildman–Crippen MR) is 129 cm³/mol. The lowest BCUT2D eigenvalue weighted by Gasteiger charge is -2.36. The van der Waals surface area contributed by atoms with Crippen molar-refractivity contribution in [2.45, 2.75) is 6.17 Å². The number of aromatic nitrogens is 1. The summed E-state index contributed by atoms with van der Waals surface area (Å²) in [6.07, 6.45) is -0.338. The van der Waals surface area contributed by atoms with Gasteiger partial charge in [0.1, 0.15) is 34.7 Å². The van der Waals surface area contributed by atoms with Crippen LogP contribution in [0.3, 0.4) is 0 Å². The number of amides is 1. The number of nitrogens with zero attached hydrogens (tertiary/aromatic N) is 3. The largest absolute Gasteiger partial charge is 0.489 e. The highest BCUT2D eigenvalue weighted by atomic mass is 32.1. The van der Waals surface area contributed by atoms with Gasteiger partial charge in [-0.1, -0.05) is 12.1 Å². The van der Waals surface area contributed by atoms with Gasteiger partial charge >= 0.3 is 0 Å². The molecule has 0 atom stereocenters. The van der Waals surface area contributed by atoms with Crippen LogP contribution in [0.5, 0.6) is 5.75 Å². The van der Waals surface area contributed by atoms with Gasteiger partial charge in [-0.2, -0.15) is 0 Å². The molecular weight excluding hydrogens is 515 g/mol. The van der Waals surface area contributed by atoms with Gasteiger partial charge in [0.2, 0.25) is 0 Å². The average Bonchev–Trinajstić information content (AvgIpc) is 3.24. The number of carbonyl (C=O) groups excluding carboxylic acids is 1. The van der Waals surface area contributed by atoms with Crippen LogP contribution in [0.1, 0.15) is 9.67 Å². The first-order valence-electron chi connectivity index (χ1n) is 11.3. The van der Waals surface area contributed by atoms with E-state index in [1.54, 1.807) is 34.2 Å². The number of carbonyl (C=O) groups is 1. The molecule has 1 amide bonds. The van der Waals surface area contributed by atoms with Gasteiger partial charge < -0.3 is 9.64 Å². The molecule has 2 aromatic heterocycles. The molecule has 1 saturated heterocycles. The Kier molecular flexibility index (Phi) is 5.63. The average molecular weight is 532 g/mol. The summed E-state index contributed by atoms with van der Waals surface area (Å²) < 4.78 is 77.1. The van der Waals surface area contributed by atoms with Crippen molar-refractivity contribution >= 4 is 38.8 Å². The first-order chi connectivity index (χ1) is 17.8. The van der Waals surface area contributed by atoms with E-state index in [4.69, 9.17) is 4.74 Å². The van der Waals surface area contributed by atoms with E-state index in [0.717, 1.165) is 17.5 Å². The van der Waals surface area contributed by atoms with Gasteiger partial charge in [0, 0.05) is 17.2 Å². The SMILES string of the molecule is O=C(NN1CCOc2ccccc21)c1sc2c(-c3cc(F)cc(F)c3F)c(F)cnc2c1N1CC(F)C1. The molecule has 0 radical (unpaired) electrons. The molecule has 4 aromatic rings. The molecular formula is C25H17F5N4O2S. The highest BCUT2D eigenvalue weighted by molar-refractivity contribution is 7.22. The number of nitrogens with one attached hydrogen (secondary N) is 1. The van der Waals surface area contributed by atoms with E-state index < -0.39 is 46.5 Å². The highest BCUT2D eigenvalue weighted by Gasteiger charge is 2.35. The number of alkyl halides is 1. The zero-order valence-electron chi connectivity index (χ0n) is 18.9. The molecule has 6 nitrogen and oxygen atoms in total. The van der Waals surface area contributed by atoms with E-state index in [9.17, 15) is 22.4 Å². The van der Waals surface area contributed by atoms with E-state index in [-0.39, 0.29) is 33.9 Å². The topological polar surface area (TPSA) is 57.7 Å². The van der Waals surface area contributed by atoms with Crippen LogP contribution in [-0.2, 0) is 0 Å². The van der Waals surface area contributed by atoms with Crippen LogP contribution in [-0.4, -0.2) is 43.3 Å². The van der Waals surface area contributed by atoms with Crippen molar-refractivity contribution in [1.29, 1.82) is 0 Å². The molecule has 0 unspecified atom stereocenters. The van der Waals surface area contributed by atoms with Crippen LogP contribution >= 0.6 is 11.3 Å². The maximum absolute atomic E-state index is 15.0. The van der Waals surface area contributed by atoms with Gasteiger partial charge in [-0.25, -0.2) is 22.0 Å². The molecule has 6 rings (SSSR count). The van der Waals surface area contributed by atoms with Gasteiger partial charge in [-0.05, 0) is 18.2 Å². The number of hydrogen-bond donors (Lipinski definition) is 1. The summed E-state index contributed by atoms with van der Waals surface area (Å²) in [7, 11) is 0. The normalized spacial score (nSPS) is 15.4. The molecule has 0 saturated carbocycles. The van der Waals surface area contributed by atoms with E-state index in [0.29, 0.717) is 36.7 Å². The fourth-order valence-electron chi connectivity index (χ4n) is 4.50. The van der Waals surface area contributed by atoms with Crippen molar-refractivity contribution in [3.8, 4) is 16.9 Å². The van der Waals surface area contributed by atoms with Crippen LogP contribution in [0.15, 0.2) is 42.6 Å². The van der Waals surface area contributed by atoms with Crippen LogP contribution in [0, 0.1) is 23.3 Å². The first kappa shape index (κ1) is 23.5. The van der Waals surface area contributed by atoms with Crippen molar-refractivity contribution < 1.29 is 31.5 Å². The zero-order valence-corrected chi connectivity index (χ0v) is 19.7. The fraction of sp³-hybridized carbons (Fsp3) is 0.200. The summed E-state index contributed by atoms with van der Waals surface area (Å²) in [5, 5.41) is 1.60. The minimum absolute atomic E-state index is 0.00809. The highest BCUT2D eigenvalue weighted by Crippen LogP contribution is 2.45. The Balaban J connectivity index is 1.49. The fourth-order valence-corrected chi connectivity index (χ4v) is 5.72. The number of fused-ring (bicyclic) bond motifs is 2. The lowest BCUT2D eigenvalue weighted by Crippen LogP contribution is -2.50. The van der Waals surface area contributed by atoms with E-state index in [1.807, 2.05) is 0 Å². The van der Waals surface area contributed by atoms with Crippen LogP contribution < -0.4 is 20.1 Å². The summed E-state index contributed by atoms with van der Waals surface area (Å²) in [5.41, 5.74) is 2.70. The van der Waals surface area contributed by atoms with Crippen molar-refractivity contribution in [3.63, 3.8) is 0 Å². The lowest BCUT2D eigenvalue weighted by molar-refractivity contribution is 0.0949. The number of para-hydroxylation sites is 2. The quantitative estimate of drug-likeness (QED) is 0.289. The van der Waals surface area contributed by atoms with E-state index in [2.05, 4.69) is 10.4 Å². The van der Waals surface area contributed by atoms with E-state index >= 15 is 4.39 Å². The summed E-state index contributed by atoms with van der Waals surface area (Å²) in [4.78, 5) is 19.3. The van der Waals surface area contributed by atoms with Gasteiger partial charge in [0.25, 0.3) is 5.91 Å². The third-order valence-electron chi connectivity index (χ3n) is 6.22. The lowest BCUT2D eigenvalue weighted by atomic mass is 10.0. The van der Waals surface area contributed by atoms with Gasteiger partial charge in [-0.15, -0.1) is 11.3 Å². The molecule has 4 heterocycles. The summed E-state index contributed by atoms with van der Waals surface area (Å²) in [5.74, 6) is -5.06. The minimum Gasteiger partial charge on any atom is -0.489 e. The summed E-state index contributed by atoms with van der Waals surface area (Å²) in [6, 6.07) is 8.13. The molecule has 0 aliphatic carbocycles. The predicted octanol–water partition coefficient (Wildman–Crippen LogP) is 5.22. The van der Waals surface area contributed by atoms with Crippen LogP contribution in [0.2, 0.25) is 0 Å². The molecule has 190 valence electrons. The number of halogens is 5. The van der Waals surface area contributed by atoms with Crippen LogP contribution in [0.25, 0.3) is 21.3 Å². The Morgan fingerprint density at radius 2 is 1.89 bits per heavy atom. The molecule has 12 heteroatoms. The van der Waals surface area contributed by atoms with Gasteiger partial charge in [-0.3, -0.25) is 20.2 Å². The van der Waals surface area contributed by atoms with Crippen molar-refractivity contribution in [2.24, 2.45) is 0 Å². The number of benzene rings is 2. The molecule has 2 aliphatic heterocycles. The second-order valence-electron chi connectivity index (χ2n) is 8.60. The monoisotopic (exact) mass is 532 g/mol. The standard InChI is InChI=1S/C25H17F5N4O2S/c26-12-7-14(20(30)15(28)8-12)19-16(29)9-31-21-22(33-10-13(27)11-33)24(37-23(19)21)25(35)32-34-5-6-36-18-4-2-1-3-17(18)34/h1-4,7-9,13H,5-6,10-11H2,(H,32,35). The number of anilines is 2. The van der Waals surface area contributed by atoms with E-state index in [1.165, 1.54) is 0 Å². The third-order valence-corrected chi connectivity index (χ3v) is 7.40. The molecule has 1 N–H and O–H groups in total. The number of pyridine rings is 1. The maximum atomic E-state index is 15.0. The van der Waals surface area contributed by atoms with Gasteiger partial charge in [0.15, 0.2) is 17.5 Å². The van der Waals surface area contributed by atoms with Gasteiger partial charge in [0.05, 0.1) is 41.9 Å². The minimum atomic E-state index is -1.48. The summed E-state index contributed by atoms with van der Waals surface area (Å²) >= 11 is 0.789. The Bertz CT molecular complexity index is 1560. The Hall–Kier alpha value is -3.93. The van der Waals surface area contributed by atoms with Crippen molar-refractivity contribution in [3.05, 3.63) is 70.7 Å². The van der Waals surface area contributed by atoms with Crippen LogP contribution in [0.4, 0.5) is 33.3 Å². The first-order valence-corrected chi connectivity index (χ1v) is 12.1. The van der Waals surface area contributed by atoms with Crippen molar-refractivity contribution in [2.75, 3.05) is 36.1 Å². The third kappa shape index (κ3) is 3.91. The molecule has 2 aliphatic rings. The number of thiophene rings is 1. The molecule has 0 bridgehead atoms. The number of rotatable bonds is 4. The Morgan fingerprint density at radius 1 is 1.11 bits per heavy atom. The number of hydrogen-bond acceptors (Lipinski definition) is 6. The number of hydrazine groups is 1. The Morgan fingerprint density at radius 3 is 2.68 bits per heavy atom. The number of ether oxygens (including phenoxy) is 1. The maximum Gasteiger partial charge on any atom is 0.282 e. The molecule has 37 heavy (non-hydrogen) atoms. The summed E-state index contributed by atoms with van der Waals surface area (Å²) in [6.45, 7) is 0.604. The molecule has 2 aromatic carbocycles.